The van der Waals surface area contributed by atoms with Crippen LogP contribution in [0, 0.1) is 11.8 Å². The number of nitrogens with one attached hydrogen (secondary N) is 1. The first-order valence-corrected chi connectivity index (χ1v) is 12.9. The van der Waals surface area contributed by atoms with E-state index in [0.29, 0.717) is 12.1 Å². The second-order valence-electron chi connectivity index (χ2n) is 8.68. The molecular weight excluding hydrogens is 577 g/mol. The van der Waals surface area contributed by atoms with Crippen molar-refractivity contribution in [3.63, 3.8) is 0 Å². The first-order valence-electron chi connectivity index (χ1n) is 10.6. The van der Waals surface area contributed by atoms with E-state index in [2.05, 4.69) is 5.32 Å². The number of anilines is 2. The molecule has 0 spiro atoms. The fourth-order valence-electron chi connectivity index (χ4n) is 5.10. The second-order valence-corrected chi connectivity index (χ2v) is 12.0. The van der Waals surface area contributed by atoms with Crippen molar-refractivity contribution in [2.45, 2.75) is 26.9 Å². The van der Waals surface area contributed by atoms with E-state index in [-0.39, 0.29) is 28.1 Å². The molecule has 1 aliphatic heterocycles. The monoisotopic (exact) mass is 590 g/mol. The van der Waals surface area contributed by atoms with E-state index in [9.17, 15) is 14.4 Å². The largest absolute Gasteiger partial charge is 0.326 e. The van der Waals surface area contributed by atoms with Crippen LogP contribution in [0.25, 0.3) is 0 Å². The lowest BCUT2D eigenvalue weighted by Gasteiger charge is -2.34. The van der Waals surface area contributed by atoms with Crippen molar-refractivity contribution in [3.8, 4) is 0 Å². The van der Waals surface area contributed by atoms with Crippen LogP contribution < -0.4 is 10.2 Å². The van der Waals surface area contributed by atoms with Crippen LogP contribution in [-0.2, 0) is 20.8 Å². The van der Waals surface area contributed by atoms with E-state index < -0.39 is 37.7 Å². The molecule has 0 aromatic heterocycles. The van der Waals surface area contributed by atoms with Crippen molar-refractivity contribution < 1.29 is 14.4 Å². The molecule has 1 saturated carbocycles. The summed E-state index contributed by atoms with van der Waals surface area (Å²) in [5.74, 6) is -3.96. The summed E-state index contributed by atoms with van der Waals surface area (Å²) in [6.45, 7) is 0. The van der Waals surface area contributed by atoms with Gasteiger partial charge in [-0.1, -0.05) is 82.8 Å². The van der Waals surface area contributed by atoms with Gasteiger partial charge < -0.3 is 5.32 Å². The number of rotatable bonds is 5. The molecule has 2 aromatic rings. The van der Waals surface area contributed by atoms with Crippen LogP contribution in [0.5, 0.6) is 0 Å². The lowest BCUT2D eigenvalue weighted by Crippen LogP contribution is -2.50. The minimum absolute atomic E-state index is 0.149. The summed E-state index contributed by atoms with van der Waals surface area (Å²) >= 11 is 39.2. The minimum atomic E-state index is -1.99. The van der Waals surface area contributed by atoms with Gasteiger partial charge in [0.05, 0.1) is 27.6 Å². The highest BCUT2D eigenvalue weighted by Crippen LogP contribution is 2.77. The number of hydrogen-bond acceptors (Lipinski definition) is 3. The van der Waals surface area contributed by atoms with Gasteiger partial charge in [-0.15, -0.1) is 23.2 Å². The van der Waals surface area contributed by atoms with Crippen molar-refractivity contribution in [2.24, 2.45) is 11.8 Å². The molecule has 5 rings (SSSR count). The molecule has 182 valence electrons. The number of benzene rings is 2. The number of aryl methyl sites for hydroxylation is 1. The van der Waals surface area contributed by atoms with E-state index in [0.717, 1.165) is 10.5 Å². The first kappa shape index (κ1) is 25.2. The summed E-state index contributed by atoms with van der Waals surface area (Å²) in [6, 6.07) is 16.0. The molecule has 2 aliphatic carbocycles. The van der Waals surface area contributed by atoms with Crippen molar-refractivity contribution >= 4 is 98.7 Å². The third-order valence-electron chi connectivity index (χ3n) is 6.78. The molecule has 2 fully saturated rings. The summed E-state index contributed by atoms with van der Waals surface area (Å²) in [7, 11) is 0. The average Bonchev–Trinajstić information content (AvgIpc) is 3.22. The molecule has 5 nitrogen and oxygen atoms in total. The van der Waals surface area contributed by atoms with Gasteiger partial charge >= 0.3 is 0 Å². The quantitative estimate of drug-likeness (QED) is 0.332. The Labute approximate surface area is 231 Å². The number of hydrogen-bond donors (Lipinski definition) is 1. The SMILES string of the molecule is O=C(CCc1ccccc1)Nc1cccc(N2C(=O)[C@H]3[C@H](C2=O)[C@@]2(Cl)C(Cl)=C(Cl)[C@@]3(Cl)C2(Cl)Cl)c1. The van der Waals surface area contributed by atoms with Crippen LogP contribution in [0.15, 0.2) is 64.7 Å². The maximum atomic E-state index is 13.5. The van der Waals surface area contributed by atoms with Crippen molar-refractivity contribution in [2.75, 3.05) is 10.2 Å². The highest BCUT2D eigenvalue weighted by atomic mass is 35.5. The standard InChI is InChI=1S/C24H16Cl6N2O3/c25-18-19(26)23(28)17-16(22(18,27)24(23,29)30)20(34)32(21(17)35)14-8-4-7-13(11-14)31-15(33)10-9-12-5-2-1-3-6-12/h1-8,11,16-17H,9-10H2,(H,31,33)/t16-,17-,22-,23-/m1/s1. The van der Waals surface area contributed by atoms with E-state index in [1.165, 1.54) is 6.07 Å². The molecule has 1 N–H and O–H groups in total. The van der Waals surface area contributed by atoms with Crippen molar-refractivity contribution in [1.82, 2.24) is 0 Å². The Morgan fingerprint density at radius 3 is 2.00 bits per heavy atom. The Hall–Kier alpha value is -1.47. The normalized spacial score (nSPS) is 30.7. The van der Waals surface area contributed by atoms with E-state index in [1.807, 2.05) is 30.3 Å². The number of allylic oxidation sites excluding steroid dienone is 2. The summed E-state index contributed by atoms with van der Waals surface area (Å²) < 4.78 is -1.99. The number of halogens is 6. The van der Waals surface area contributed by atoms with Gasteiger partial charge in [-0.2, -0.15) is 0 Å². The van der Waals surface area contributed by atoms with E-state index in [1.54, 1.807) is 18.2 Å². The van der Waals surface area contributed by atoms with Gasteiger partial charge in [-0.05, 0) is 30.2 Å². The maximum absolute atomic E-state index is 13.5. The molecule has 0 unspecified atom stereocenters. The molecule has 3 aliphatic rings. The highest BCUT2D eigenvalue weighted by molar-refractivity contribution is 6.67. The van der Waals surface area contributed by atoms with Crippen LogP contribution in [0.2, 0.25) is 0 Å². The molecule has 2 aromatic carbocycles. The number of carbonyl (C=O) groups excluding carboxylic acids is 3. The van der Waals surface area contributed by atoms with Crippen LogP contribution in [0.4, 0.5) is 11.4 Å². The number of imide groups is 1. The van der Waals surface area contributed by atoms with Gasteiger partial charge in [0.25, 0.3) is 0 Å². The second kappa shape index (κ2) is 8.54. The summed E-state index contributed by atoms with van der Waals surface area (Å²) in [4.78, 5) is 36.7. The van der Waals surface area contributed by atoms with Gasteiger partial charge in [0.2, 0.25) is 17.7 Å². The van der Waals surface area contributed by atoms with Gasteiger partial charge in [-0.3, -0.25) is 14.4 Å². The fraction of sp³-hybridized carbons (Fsp3) is 0.292. The molecular formula is C24H16Cl6N2O3. The summed E-state index contributed by atoms with van der Waals surface area (Å²) in [6.07, 6.45) is 0.835. The molecule has 2 bridgehead atoms. The summed E-state index contributed by atoms with van der Waals surface area (Å²) in [5.41, 5.74) is 1.69. The number of amides is 3. The Morgan fingerprint density at radius 1 is 0.857 bits per heavy atom. The van der Waals surface area contributed by atoms with Gasteiger partial charge in [0, 0.05) is 12.1 Å². The maximum Gasteiger partial charge on any atom is 0.240 e. The zero-order chi connectivity index (χ0) is 25.3. The average molecular weight is 593 g/mol. The third-order valence-corrected chi connectivity index (χ3v) is 11.0. The number of nitrogens with zero attached hydrogens (tertiary/aromatic N) is 1. The zero-order valence-electron chi connectivity index (χ0n) is 17.7. The Balaban J connectivity index is 1.39. The summed E-state index contributed by atoms with van der Waals surface area (Å²) in [5, 5.41) is 2.50. The number of alkyl halides is 4. The molecule has 3 amide bonds. The Bertz CT molecular complexity index is 1250. The smallest absolute Gasteiger partial charge is 0.240 e. The number of fused-ring (bicyclic) bond motifs is 5. The predicted molar refractivity (Wildman–Crippen MR) is 140 cm³/mol. The van der Waals surface area contributed by atoms with Gasteiger partial charge in [0.15, 0.2) is 4.33 Å². The lowest BCUT2D eigenvalue weighted by molar-refractivity contribution is -0.123. The Morgan fingerprint density at radius 2 is 1.43 bits per heavy atom. The van der Waals surface area contributed by atoms with Crippen LogP contribution in [0.3, 0.4) is 0 Å². The number of carbonyl (C=O) groups is 3. The first-order chi connectivity index (χ1) is 16.5. The van der Waals surface area contributed by atoms with Crippen LogP contribution in [-0.4, -0.2) is 31.8 Å². The molecule has 4 atom stereocenters. The zero-order valence-corrected chi connectivity index (χ0v) is 22.2. The minimum Gasteiger partial charge on any atom is -0.326 e. The van der Waals surface area contributed by atoms with E-state index >= 15 is 0 Å². The highest BCUT2D eigenvalue weighted by Gasteiger charge is 2.87. The third kappa shape index (κ3) is 3.32. The fourth-order valence-corrected chi connectivity index (χ4v) is 8.03. The van der Waals surface area contributed by atoms with Crippen LogP contribution in [0.1, 0.15) is 12.0 Å². The molecule has 1 saturated heterocycles. The predicted octanol–water partition coefficient (Wildman–Crippen LogP) is 6.21. The van der Waals surface area contributed by atoms with Crippen LogP contribution >= 0.6 is 69.6 Å². The van der Waals surface area contributed by atoms with E-state index in [4.69, 9.17) is 69.6 Å². The van der Waals surface area contributed by atoms with Crippen molar-refractivity contribution in [3.05, 3.63) is 70.2 Å². The molecule has 0 radical (unpaired) electrons. The topological polar surface area (TPSA) is 66.5 Å². The molecule has 35 heavy (non-hydrogen) atoms. The van der Waals surface area contributed by atoms with Gasteiger partial charge in [-0.25, -0.2) is 4.90 Å². The molecule has 1 heterocycles. The van der Waals surface area contributed by atoms with Crippen molar-refractivity contribution in [1.29, 1.82) is 0 Å². The molecule has 11 heteroatoms. The van der Waals surface area contributed by atoms with Gasteiger partial charge in [0.1, 0.15) is 9.75 Å². The Kier molecular flexibility index (Phi) is 6.15. The lowest BCUT2D eigenvalue weighted by atomic mass is 9.84.